The summed E-state index contributed by atoms with van der Waals surface area (Å²) in [6.07, 6.45) is 0.386. The van der Waals surface area contributed by atoms with Crippen LogP contribution in [0.1, 0.15) is 17.2 Å². The van der Waals surface area contributed by atoms with Crippen molar-refractivity contribution in [3.8, 4) is 0 Å². The highest BCUT2D eigenvalue weighted by molar-refractivity contribution is 5.87. The predicted molar refractivity (Wildman–Crippen MR) is 68.5 cm³/mol. The second kappa shape index (κ2) is 5.41. The predicted octanol–water partition coefficient (Wildman–Crippen LogP) is 2.50. The molecule has 0 spiro atoms. The first-order chi connectivity index (χ1) is 8.27. The van der Waals surface area contributed by atoms with E-state index in [0.29, 0.717) is 6.42 Å². The summed E-state index contributed by atoms with van der Waals surface area (Å²) in [5, 5.41) is 0. The lowest BCUT2D eigenvalue weighted by atomic mass is 9.98. The van der Waals surface area contributed by atoms with Crippen LogP contribution in [0.5, 0.6) is 0 Å². The van der Waals surface area contributed by atoms with Crippen molar-refractivity contribution in [2.75, 3.05) is 0 Å². The van der Waals surface area contributed by atoms with E-state index in [0.717, 1.165) is 11.1 Å². The van der Waals surface area contributed by atoms with Gasteiger partial charge in [-0.1, -0.05) is 60.7 Å². The number of hydrogen-bond donors (Lipinski definition) is 1. The van der Waals surface area contributed by atoms with Gasteiger partial charge in [0.05, 0.1) is 6.04 Å². The Morgan fingerprint density at radius 3 is 2.06 bits per heavy atom. The van der Waals surface area contributed by atoms with Crippen LogP contribution in [0.3, 0.4) is 0 Å². The molecule has 0 saturated carbocycles. The summed E-state index contributed by atoms with van der Waals surface area (Å²) in [6.45, 7) is 0. The van der Waals surface area contributed by atoms with E-state index in [4.69, 9.17) is 5.73 Å². The summed E-state index contributed by atoms with van der Waals surface area (Å²) in [5.41, 5.74) is 7.81. The Hall–Kier alpha value is -1.93. The van der Waals surface area contributed by atoms with Crippen molar-refractivity contribution in [1.29, 1.82) is 0 Å². The van der Waals surface area contributed by atoms with Gasteiger partial charge in [-0.2, -0.15) is 0 Å². The van der Waals surface area contributed by atoms with E-state index < -0.39 is 6.04 Å². The van der Waals surface area contributed by atoms with E-state index in [1.165, 1.54) is 0 Å². The Morgan fingerprint density at radius 2 is 1.47 bits per heavy atom. The molecule has 0 amide bonds. The van der Waals surface area contributed by atoms with Crippen LogP contribution >= 0.6 is 0 Å². The molecule has 17 heavy (non-hydrogen) atoms. The highest BCUT2D eigenvalue weighted by Crippen LogP contribution is 2.13. The highest BCUT2D eigenvalue weighted by Gasteiger charge is 2.15. The van der Waals surface area contributed by atoms with Gasteiger partial charge in [0.1, 0.15) is 0 Å². The van der Waals surface area contributed by atoms with Crippen molar-refractivity contribution < 1.29 is 4.79 Å². The van der Waals surface area contributed by atoms with Gasteiger partial charge in [0.15, 0.2) is 5.78 Å². The van der Waals surface area contributed by atoms with Crippen molar-refractivity contribution >= 4 is 5.78 Å². The average Bonchev–Trinajstić information content (AvgIpc) is 2.40. The number of ketones is 1. The molecule has 1 atom stereocenters. The number of Topliss-reactive ketones (excluding diaryl/α,β-unsaturated/α-hetero) is 1. The maximum Gasteiger partial charge on any atom is 0.158 e. The normalized spacial score (nSPS) is 12.1. The van der Waals surface area contributed by atoms with Crippen LogP contribution in [0.4, 0.5) is 0 Å². The zero-order valence-corrected chi connectivity index (χ0v) is 9.54. The number of carbonyl (C=O) groups excluding carboxylic acids is 1. The molecule has 2 aromatic rings. The lowest BCUT2D eigenvalue weighted by molar-refractivity contribution is -0.119. The van der Waals surface area contributed by atoms with Crippen LogP contribution in [0.2, 0.25) is 0 Å². The van der Waals surface area contributed by atoms with Crippen molar-refractivity contribution in [1.82, 2.24) is 0 Å². The van der Waals surface area contributed by atoms with E-state index in [1.54, 1.807) is 0 Å². The minimum Gasteiger partial charge on any atom is -0.318 e. The topological polar surface area (TPSA) is 43.1 Å². The van der Waals surface area contributed by atoms with Gasteiger partial charge >= 0.3 is 0 Å². The third-order valence-electron chi connectivity index (χ3n) is 2.73. The molecular formula is C15H15NO. The highest BCUT2D eigenvalue weighted by atomic mass is 16.1. The first kappa shape index (κ1) is 11.6. The van der Waals surface area contributed by atoms with E-state index >= 15 is 0 Å². The molecule has 0 aliphatic heterocycles. The molecule has 1 unspecified atom stereocenters. The summed E-state index contributed by atoms with van der Waals surface area (Å²) >= 11 is 0. The average molecular weight is 225 g/mol. The second-order valence-corrected chi connectivity index (χ2v) is 4.02. The van der Waals surface area contributed by atoms with E-state index in [9.17, 15) is 4.79 Å². The number of benzene rings is 2. The number of nitrogens with two attached hydrogens (primary N) is 1. The van der Waals surface area contributed by atoms with Crippen molar-refractivity contribution in [2.24, 2.45) is 5.73 Å². The van der Waals surface area contributed by atoms with Gasteiger partial charge in [0.2, 0.25) is 0 Å². The molecular weight excluding hydrogens is 210 g/mol. The monoisotopic (exact) mass is 225 g/mol. The smallest absolute Gasteiger partial charge is 0.158 e. The van der Waals surface area contributed by atoms with Gasteiger partial charge in [0.25, 0.3) is 0 Å². The molecule has 2 nitrogen and oxygen atoms in total. The van der Waals surface area contributed by atoms with Crippen LogP contribution in [0, 0.1) is 0 Å². The molecule has 0 aromatic heterocycles. The third kappa shape index (κ3) is 3.02. The van der Waals surface area contributed by atoms with Crippen LogP contribution in [0.25, 0.3) is 0 Å². The third-order valence-corrected chi connectivity index (χ3v) is 2.73. The SMILES string of the molecule is NC(C(=O)Cc1ccccc1)c1ccccc1. The Labute approximate surface area is 101 Å². The fourth-order valence-electron chi connectivity index (χ4n) is 1.75. The summed E-state index contributed by atoms with van der Waals surface area (Å²) in [5.74, 6) is 0.0439. The largest absolute Gasteiger partial charge is 0.318 e. The standard InChI is InChI=1S/C15H15NO/c16-15(13-9-5-2-6-10-13)14(17)11-12-7-3-1-4-8-12/h1-10,15H,11,16H2. The first-order valence-electron chi connectivity index (χ1n) is 5.64. The van der Waals surface area contributed by atoms with Gasteiger partial charge < -0.3 is 5.73 Å². The minimum atomic E-state index is -0.531. The minimum absolute atomic E-state index is 0.0439. The van der Waals surface area contributed by atoms with Crippen LogP contribution in [0.15, 0.2) is 60.7 Å². The van der Waals surface area contributed by atoms with Crippen LogP contribution in [-0.2, 0) is 11.2 Å². The lowest BCUT2D eigenvalue weighted by Gasteiger charge is -2.10. The number of carbonyl (C=O) groups is 1. The van der Waals surface area contributed by atoms with Crippen molar-refractivity contribution in [2.45, 2.75) is 12.5 Å². The number of hydrogen-bond acceptors (Lipinski definition) is 2. The molecule has 2 aromatic carbocycles. The molecule has 2 N–H and O–H groups in total. The van der Waals surface area contributed by atoms with Crippen LogP contribution < -0.4 is 5.73 Å². The maximum atomic E-state index is 12.0. The van der Waals surface area contributed by atoms with Gasteiger partial charge in [0, 0.05) is 6.42 Å². The molecule has 0 radical (unpaired) electrons. The fourth-order valence-corrected chi connectivity index (χ4v) is 1.75. The Kier molecular flexibility index (Phi) is 3.68. The van der Waals surface area contributed by atoms with Crippen molar-refractivity contribution in [3.63, 3.8) is 0 Å². The second-order valence-electron chi connectivity index (χ2n) is 4.02. The van der Waals surface area contributed by atoms with Crippen molar-refractivity contribution in [3.05, 3.63) is 71.8 Å². The summed E-state index contributed by atoms with van der Waals surface area (Å²) < 4.78 is 0. The molecule has 86 valence electrons. The molecule has 0 bridgehead atoms. The molecule has 0 fully saturated rings. The molecule has 0 aliphatic carbocycles. The maximum absolute atomic E-state index is 12.0. The van der Waals surface area contributed by atoms with Gasteiger partial charge in [-0.05, 0) is 11.1 Å². The van der Waals surface area contributed by atoms with E-state index in [-0.39, 0.29) is 5.78 Å². The molecule has 2 heteroatoms. The Balaban J connectivity index is 2.06. The quantitative estimate of drug-likeness (QED) is 0.868. The summed E-state index contributed by atoms with van der Waals surface area (Å²) in [6, 6.07) is 18.6. The Morgan fingerprint density at radius 1 is 0.941 bits per heavy atom. The summed E-state index contributed by atoms with van der Waals surface area (Å²) in [7, 11) is 0. The van der Waals surface area contributed by atoms with E-state index in [2.05, 4.69) is 0 Å². The Bertz CT molecular complexity index is 479. The lowest BCUT2D eigenvalue weighted by Crippen LogP contribution is -2.22. The molecule has 2 rings (SSSR count). The summed E-state index contributed by atoms with van der Waals surface area (Å²) in [4.78, 5) is 12.0. The fraction of sp³-hybridized carbons (Fsp3) is 0.133. The molecule has 0 saturated heterocycles. The number of rotatable bonds is 4. The zero-order valence-electron chi connectivity index (χ0n) is 9.54. The zero-order chi connectivity index (χ0) is 12.1. The van der Waals surface area contributed by atoms with E-state index in [1.807, 2.05) is 60.7 Å². The van der Waals surface area contributed by atoms with Gasteiger partial charge in [-0.25, -0.2) is 0 Å². The first-order valence-corrected chi connectivity index (χ1v) is 5.64. The van der Waals surface area contributed by atoms with Gasteiger partial charge in [-0.3, -0.25) is 4.79 Å². The van der Waals surface area contributed by atoms with Crippen LogP contribution in [-0.4, -0.2) is 5.78 Å². The molecule has 0 aliphatic rings. The van der Waals surface area contributed by atoms with Gasteiger partial charge in [-0.15, -0.1) is 0 Å². The molecule has 0 heterocycles.